The number of benzene rings is 3. The number of rotatable bonds is 5. The molecule has 1 fully saturated rings. The fourth-order valence-electron chi connectivity index (χ4n) is 3.96. The minimum Gasteiger partial charge on any atom is -0.508 e. The predicted octanol–water partition coefficient (Wildman–Crippen LogP) is 5.38. The molecule has 1 atom stereocenters. The van der Waals surface area contributed by atoms with E-state index in [1.54, 1.807) is 49.4 Å². The Morgan fingerprint density at radius 3 is 2.52 bits per heavy atom. The zero-order chi connectivity index (χ0) is 23.7. The first kappa shape index (κ1) is 22.4. The van der Waals surface area contributed by atoms with Crippen LogP contribution in [-0.2, 0) is 9.59 Å². The first-order valence-electron chi connectivity index (χ1n) is 10.4. The molecule has 3 aromatic carbocycles. The van der Waals surface area contributed by atoms with Gasteiger partial charge in [-0.1, -0.05) is 35.9 Å². The monoisotopic (exact) mass is 463 g/mol. The Morgan fingerprint density at radius 1 is 1.06 bits per heavy atom. The first-order chi connectivity index (χ1) is 15.8. The molecular weight excluding hydrogens is 442 g/mol. The third-order valence-electron chi connectivity index (χ3n) is 5.41. The number of halogens is 1. The highest BCUT2D eigenvalue weighted by Gasteiger charge is 2.47. The van der Waals surface area contributed by atoms with Crippen LogP contribution < -0.4 is 9.64 Å². The van der Waals surface area contributed by atoms with Gasteiger partial charge in [-0.2, -0.15) is 0 Å². The van der Waals surface area contributed by atoms with Crippen LogP contribution in [0.15, 0.2) is 72.3 Å². The summed E-state index contributed by atoms with van der Waals surface area (Å²) < 4.78 is 5.51. The van der Waals surface area contributed by atoms with Crippen LogP contribution in [0.1, 0.15) is 29.7 Å². The molecule has 1 aliphatic rings. The largest absolute Gasteiger partial charge is 0.508 e. The van der Waals surface area contributed by atoms with Gasteiger partial charge in [-0.15, -0.1) is 0 Å². The van der Waals surface area contributed by atoms with Crippen molar-refractivity contribution in [3.63, 3.8) is 0 Å². The number of anilines is 1. The van der Waals surface area contributed by atoms with E-state index < -0.39 is 17.7 Å². The second kappa shape index (κ2) is 9.00. The maximum atomic E-state index is 13.2. The van der Waals surface area contributed by atoms with Crippen LogP contribution in [0.3, 0.4) is 0 Å². The predicted molar refractivity (Wildman–Crippen MR) is 127 cm³/mol. The number of hydrogen-bond acceptors (Lipinski definition) is 5. The van der Waals surface area contributed by atoms with Crippen LogP contribution >= 0.6 is 11.6 Å². The summed E-state index contributed by atoms with van der Waals surface area (Å²) in [5.74, 6) is -1.61. The molecule has 0 bridgehead atoms. The quantitative estimate of drug-likeness (QED) is 0.301. The molecule has 6 nitrogen and oxygen atoms in total. The number of aliphatic hydroxyl groups is 1. The van der Waals surface area contributed by atoms with E-state index in [-0.39, 0.29) is 22.6 Å². The van der Waals surface area contributed by atoms with Gasteiger partial charge < -0.3 is 14.9 Å². The molecule has 7 heteroatoms. The zero-order valence-electron chi connectivity index (χ0n) is 18.1. The van der Waals surface area contributed by atoms with E-state index >= 15 is 0 Å². The van der Waals surface area contributed by atoms with Gasteiger partial charge in [-0.3, -0.25) is 14.5 Å². The van der Waals surface area contributed by atoms with Crippen molar-refractivity contribution in [2.75, 3.05) is 11.5 Å². The molecule has 1 amide bonds. The summed E-state index contributed by atoms with van der Waals surface area (Å²) >= 11 is 6.17. The standard InChI is InChI=1S/C26H22ClNO5/c1-3-33-21-14-17(10-11-20(21)27)24(30)22-23(16-7-5-9-19(29)13-16)28(26(32)25(22)31)18-8-4-6-15(2)12-18/h4-14,23,29-30H,3H2,1-2H3/b24-22-. The Balaban J connectivity index is 1.95. The van der Waals surface area contributed by atoms with E-state index in [9.17, 15) is 19.8 Å². The second-order valence-corrected chi connectivity index (χ2v) is 8.09. The van der Waals surface area contributed by atoms with Crippen molar-refractivity contribution in [1.29, 1.82) is 0 Å². The average Bonchev–Trinajstić information content (AvgIpc) is 3.05. The highest BCUT2D eigenvalue weighted by atomic mass is 35.5. The molecule has 168 valence electrons. The molecule has 0 radical (unpaired) electrons. The Kier molecular flexibility index (Phi) is 6.11. The van der Waals surface area contributed by atoms with Gasteiger partial charge in [0.2, 0.25) is 0 Å². The Hall–Kier alpha value is -3.77. The number of hydrogen-bond donors (Lipinski definition) is 2. The van der Waals surface area contributed by atoms with Crippen LogP contribution in [0.2, 0.25) is 5.02 Å². The van der Waals surface area contributed by atoms with Crippen LogP contribution in [0.25, 0.3) is 5.76 Å². The van der Waals surface area contributed by atoms with E-state index in [1.807, 2.05) is 13.0 Å². The number of phenolic OH excluding ortho intramolecular Hbond substituents is 1. The molecular formula is C26H22ClNO5. The SMILES string of the molecule is CCOc1cc(/C(O)=C2/C(=O)C(=O)N(c3cccc(C)c3)C2c2cccc(O)c2)ccc1Cl. The third kappa shape index (κ3) is 4.17. The smallest absolute Gasteiger partial charge is 0.300 e. The van der Waals surface area contributed by atoms with Gasteiger partial charge in [0.15, 0.2) is 0 Å². The van der Waals surface area contributed by atoms with Crippen molar-refractivity contribution in [2.24, 2.45) is 0 Å². The zero-order valence-corrected chi connectivity index (χ0v) is 18.8. The number of ketones is 1. The Labute approximate surface area is 196 Å². The van der Waals surface area contributed by atoms with Gasteiger partial charge in [0.25, 0.3) is 11.7 Å². The van der Waals surface area contributed by atoms with E-state index in [2.05, 4.69) is 0 Å². The summed E-state index contributed by atoms with van der Waals surface area (Å²) in [6, 6.07) is 17.2. The molecule has 0 aromatic heterocycles. The number of Topliss-reactive ketones (excluding diaryl/α,β-unsaturated/α-hetero) is 1. The molecule has 0 aliphatic carbocycles. The van der Waals surface area contributed by atoms with Gasteiger partial charge in [0.05, 0.1) is 23.2 Å². The molecule has 3 aromatic rings. The summed E-state index contributed by atoms with van der Waals surface area (Å²) in [6.45, 7) is 4.05. The van der Waals surface area contributed by atoms with Crippen LogP contribution in [0.4, 0.5) is 5.69 Å². The van der Waals surface area contributed by atoms with Crippen molar-refractivity contribution in [1.82, 2.24) is 0 Å². The van der Waals surface area contributed by atoms with Gasteiger partial charge >= 0.3 is 0 Å². The van der Waals surface area contributed by atoms with E-state index in [0.717, 1.165) is 5.56 Å². The minimum absolute atomic E-state index is 0.0209. The number of aryl methyl sites for hydroxylation is 1. The molecule has 33 heavy (non-hydrogen) atoms. The molecule has 0 spiro atoms. The lowest BCUT2D eigenvalue weighted by Crippen LogP contribution is -2.29. The summed E-state index contributed by atoms with van der Waals surface area (Å²) in [7, 11) is 0. The highest BCUT2D eigenvalue weighted by molar-refractivity contribution is 6.51. The average molecular weight is 464 g/mol. The maximum absolute atomic E-state index is 13.2. The number of carbonyl (C=O) groups is 2. The summed E-state index contributed by atoms with van der Waals surface area (Å²) in [4.78, 5) is 27.7. The number of aliphatic hydroxyl groups excluding tert-OH is 1. The Morgan fingerprint density at radius 2 is 1.82 bits per heavy atom. The van der Waals surface area contributed by atoms with Crippen molar-refractivity contribution in [3.8, 4) is 11.5 Å². The number of phenols is 1. The molecule has 1 unspecified atom stereocenters. The maximum Gasteiger partial charge on any atom is 0.300 e. The fourth-order valence-corrected chi connectivity index (χ4v) is 4.13. The molecule has 1 aliphatic heterocycles. The van der Waals surface area contributed by atoms with Gasteiger partial charge in [-0.25, -0.2) is 0 Å². The normalized spacial score (nSPS) is 17.4. The lowest BCUT2D eigenvalue weighted by atomic mass is 9.95. The van der Waals surface area contributed by atoms with Crippen molar-refractivity contribution >= 4 is 34.7 Å². The fraction of sp³-hybridized carbons (Fsp3) is 0.154. The highest BCUT2D eigenvalue weighted by Crippen LogP contribution is 2.43. The number of aromatic hydroxyl groups is 1. The van der Waals surface area contributed by atoms with Gasteiger partial charge in [0, 0.05) is 11.3 Å². The molecule has 0 saturated carbocycles. The topological polar surface area (TPSA) is 87.1 Å². The summed E-state index contributed by atoms with van der Waals surface area (Å²) in [6.07, 6.45) is 0. The van der Waals surface area contributed by atoms with Crippen LogP contribution in [0.5, 0.6) is 11.5 Å². The number of ether oxygens (including phenoxy) is 1. The lowest BCUT2D eigenvalue weighted by Gasteiger charge is -2.26. The van der Waals surface area contributed by atoms with Gasteiger partial charge in [0.1, 0.15) is 17.3 Å². The third-order valence-corrected chi connectivity index (χ3v) is 5.73. The van der Waals surface area contributed by atoms with Gasteiger partial charge in [-0.05, 0) is 67.4 Å². The van der Waals surface area contributed by atoms with E-state index in [0.29, 0.717) is 28.6 Å². The molecule has 1 heterocycles. The van der Waals surface area contributed by atoms with E-state index in [4.69, 9.17) is 16.3 Å². The van der Waals surface area contributed by atoms with Crippen molar-refractivity contribution in [2.45, 2.75) is 19.9 Å². The van der Waals surface area contributed by atoms with Crippen LogP contribution in [0, 0.1) is 6.92 Å². The molecule has 1 saturated heterocycles. The van der Waals surface area contributed by atoms with Crippen LogP contribution in [-0.4, -0.2) is 28.5 Å². The first-order valence-corrected chi connectivity index (χ1v) is 10.8. The second-order valence-electron chi connectivity index (χ2n) is 7.68. The lowest BCUT2D eigenvalue weighted by molar-refractivity contribution is -0.132. The van der Waals surface area contributed by atoms with Crippen molar-refractivity contribution < 1.29 is 24.5 Å². The molecule has 2 N–H and O–H groups in total. The number of carbonyl (C=O) groups excluding carboxylic acids is 2. The number of nitrogens with zero attached hydrogens (tertiary/aromatic N) is 1. The number of amides is 1. The summed E-state index contributed by atoms with van der Waals surface area (Å²) in [5.41, 5.74) is 2.10. The Bertz CT molecular complexity index is 1280. The summed E-state index contributed by atoms with van der Waals surface area (Å²) in [5, 5.41) is 21.7. The van der Waals surface area contributed by atoms with E-state index in [1.165, 1.54) is 23.1 Å². The minimum atomic E-state index is -0.940. The van der Waals surface area contributed by atoms with Crippen molar-refractivity contribution in [3.05, 3.63) is 94.0 Å². The molecule has 4 rings (SSSR count).